The molecule has 0 N–H and O–H groups in total. The van der Waals surface area contributed by atoms with Gasteiger partial charge in [-0.05, 0) is 0 Å². The Balaban J connectivity index is 1.52. The third-order valence-corrected chi connectivity index (χ3v) is 22.3. The third-order valence-electron chi connectivity index (χ3n) is 7.95. The molecule has 0 saturated carbocycles. The molecule has 1 unspecified atom stereocenters. The average molecular weight is 605 g/mol. The van der Waals surface area contributed by atoms with E-state index in [1.165, 1.54) is 71.0 Å². The van der Waals surface area contributed by atoms with Gasteiger partial charge in [0.1, 0.15) is 0 Å². The summed E-state index contributed by atoms with van der Waals surface area (Å²) in [6, 6.07) is 31.0. The summed E-state index contributed by atoms with van der Waals surface area (Å²) in [6.45, 7) is 4.49. The maximum absolute atomic E-state index is 7.79. The van der Waals surface area contributed by atoms with Gasteiger partial charge in [0.15, 0.2) is 0 Å². The average Bonchev–Trinajstić information content (AvgIpc) is 3.46. The Bertz CT molecular complexity index is 1490. The monoisotopic (exact) mass is 602 g/mol. The standard InChI is InChI=1S/C20H21.C12H9Si.2ClH.Zr/c1-3-4-8-16-13-18-12-11-15(2)20(19(18)14-16)17-9-6-5-7-10-17;1-3-7-11-9(5-1)10-6-2-4-8-12(10)13-11;;;/h5-7,9-14H,3-4,8H2,1-2H3;1-7H,13H2;2*1H;/q;;;;+2/p-2. The van der Waals surface area contributed by atoms with Crippen molar-refractivity contribution in [1.29, 1.82) is 0 Å². The van der Waals surface area contributed by atoms with Gasteiger partial charge in [-0.3, -0.25) is 0 Å². The first-order valence-electron chi connectivity index (χ1n) is 13.0. The molecule has 36 heavy (non-hydrogen) atoms. The first-order chi connectivity index (χ1) is 17.5. The molecule has 1 atom stereocenters. The fourth-order valence-corrected chi connectivity index (χ4v) is 23.1. The van der Waals surface area contributed by atoms with Crippen molar-refractivity contribution < 1.29 is 17.9 Å². The van der Waals surface area contributed by atoms with Gasteiger partial charge < -0.3 is 0 Å². The van der Waals surface area contributed by atoms with Gasteiger partial charge in [0.25, 0.3) is 0 Å². The molecule has 4 aromatic carbocycles. The van der Waals surface area contributed by atoms with Crippen molar-refractivity contribution in [2.45, 2.75) is 36.7 Å². The van der Waals surface area contributed by atoms with E-state index in [1.807, 2.05) is 0 Å². The van der Waals surface area contributed by atoms with Crippen molar-refractivity contribution in [3.05, 3.63) is 107 Å². The van der Waals surface area contributed by atoms with Gasteiger partial charge in [0.05, 0.1) is 0 Å². The second kappa shape index (κ2) is 9.88. The Morgan fingerprint density at radius 2 is 1.58 bits per heavy atom. The van der Waals surface area contributed by atoms with E-state index in [-0.39, 0.29) is 3.63 Å². The summed E-state index contributed by atoms with van der Waals surface area (Å²) in [7, 11) is 15.0. The van der Waals surface area contributed by atoms with Crippen LogP contribution in [0.15, 0.2) is 90.5 Å². The van der Waals surface area contributed by atoms with Crippen LogP contribution in [0.25, 0.3) is 28.3 Å². The summed E-state index contributed by atoms with van der Waals surface area (Å²) < 4.78 is 1.46. The number of halogens is 2. The van der Waals surface area contributed by atoms with Gasteiger partial charge in [-0.1, -0.05) is 0 Å². The molecule has 0 nitrogen and oxygen atoms in total. The van der Waals surface area contributed by atoms with E-state index in [1.54, 1.807) is 0 Å². The summed E-state index contributed by atoms with van der Waals surface area (Å²) in [6.07, 6.45) is 5.85. The van der Waals surface area contributed by atoms with Crippen LogP contribution in [0.3, 0.4) is 0 Å². The van der Waals surface area contributed by atoms with Crippen LogP contribution in [0.5, 0.6) is 0 Å². The molecule has 0 fully saturated rings. The molecule has 1 heterocycles. The molecular formula is C32H30Cl2SiZr. The number of hydrogen-bond donors (Lipinski definition) is 0. The quantitative estimate of drug-likeness (QED) is 0.180. The molecule has 2 aliphatic rings. The zero-order valence-electron chi connectivity index (χ0n) is 20.8. The van der Waals surface area contributed by atoms with Gasteiger partial charge in [-0.15, -0.1) is 0 Å². The number of unbranched alkanes of at least 4 members (excludes halogenated alkanes) is 1. The summed E-state index contributed by atoms with van der Waals surface area (Å²) >= 11 is -3.91. The van der Waals surface area contributed by atoms with Crippen molar-refractivity contribution in [1.82, 2.24) is 0 Å². The predicted molar refractivity (Wildman–Crippen MR) is 158 cm³/mol. The van der Waals surface area contributed by atoms with E-state index in [0.717, 1.165) is 6.42 Å². The van der Waals surface area contributed by atoms with E-state index < -0.39 is 27.4 Å². The van der Waals surface area contributed by atoms with Crippen molar-refractivity contribution in [2.24, 2.45) is 0 Å². The third kappa shape index (κ3) is 4.06. The van der Waals surface area contributed by atoms with Crippen LogP contribution in [-0.4, -0.2) is 9.52 Å². The minimum atomic E-state index is -3.91. The number of benzene rings is 4. The molecule has 0 saturated heterocycles. The summed E-state index contributed by atoms with van der Waals surface area (Å²) in [5.41, 5.74) is 10.8. The fraction of sp³-hybridized carbons (Fsp3) is 0.188. The molecule has 1 aliphatic heterocycles. The first kappa shape index (κ1) is 24.6. The van der Waals surface area contributed by atoms with Crippen LogP contribution in [0.1, 0.15) is 46.5 Å². The van der Waals surface area contributed by atoms with Crippen molar-refractivity contribution >= 4 is 46.3 Å². The van der Waals surface area contributed by atoms with Gasteiger partial charge in [-0.25, -0.2) is 0 Å². The number of aryl methyl sites for hydroxylation is 1. The minimum absolute atomic E-state index is 0.149. The molecule has 0 aromatic heterocycles. The van der Waals surface area contributed by atoms with E-state index in [4.69, 9.17) is 17.0 Å². The van der Waals surface area contributed by atoms with Crippen molar-refractivity contribution in [3.8, 4) is 22.3 Å². The fourth-order valence-electron chi connectivity index (χ4n) is 6.26. The van der Waals surface area contributed by atoms with Crippen molar-refractivity contribution in [2.75, 3.05) is 0 Å². The Morgan fingerprint density at radius 3 is 2.39 bits per heavy atom. The van der Waals surface area contributed by atoms with Gasteiger partial charge in [-0.2, -0.15) is 0 Å². The van der Waals surface area contributed by atoms with Crippen LogP contribution in [0, 0.1) is 6.92 Å². The summed E-state index contributed by atoms with van der Waals surface area (Å²) in [4.78, 5) is 0. The van der Waals surface area contributed by atoms with Gasteiger partial charge in [0.2, 0.25) is 0 Å². The van der Waals surface area contributed by atoms with Crippen LogP contribution < -0.4 is 13.6 Å². The van der Waals surface area contributed by atoms with E-state index in [0.29, 0.717) is 0 Å². The molecule has 0 amide bonds. The predicted octanol–water partition coefficient (Wildman–Crippen LogP) is 7.18. The summed E-state index contributed by atoms with van der Waals surface area (Å²) in [5.74, 6) is 0. The second-order valence-electron chi connectivity index (χ2n) is 10.2. The zero-order chi connectivity index (χ0) is 24.9. The number of hydrogen-bond acceptors (Lipinski definition) is 0. The Morgan fingerprint density at radius 1 is 0.833 bits per heavy atom. The molecule has 0 bridgehead atoms. The molecule has 6 rings (SSSR count). The molecule has 1 aliphatic carbocycles. The maximum atomic E-state index is 7.79. The Labute approximate surface area is 228 Å². The molecule has 0 radical (unpaired) electrons. The number of allylic oxidation sites excluding steroid dienone is 1. The SMILES string of the molecule is CCCCC1=Cc2c(ccc(C)c2-c2ccccc2)[CH]1[Zr]([Cl])([Cl])[c]1cccc2c1[SiH2]c1ccccc1-2. The molecule has 4 aromatic rings. The van der Waals surface area contributed by atoms with E-state index in [9.17, 15) is 0 Å². The molecule has 0 spiro atoms. The summed E-state index contributed by atoms with van der Waals surface area (Å²) in [5, 5.41) is 3.02. The normalized spacial score (nSPS) is 16.6. The number of rotatable bonds is 6. The number of fused-ring (bicyclic) bond motifs is 4. The van der Waals surface area contributed by atoms with E-state index in [2.05, 4.69) is 105 Å². The zero-order valence-corrected chi connectivity index (χ0v) is 26.2. The van der Waals surface area contributed by atoms with Crippen LogP contribution in [0.2, 0.25) is 0 Å². The molecule has 4 heteroatoms. The Kier molecular flexibility index (Phi) is 6.76. The second-order valence-corrected chi connectivity index (χ2v) is 26.0. The molecular weight excluding hydrogens is 575 g/mol. The van der Waals surface area contributed by atoms with Crippen LogP contribution in [0.4, 0.5) is 0 Å². The van der Waals surface area contributed by atoms with Crippen LogP contribution >= 0.6 is 17.0 Å². The van der Waals surface area contributed by atoms with Gasteiger partial charge in [0, 0.05) is 0 Å². The van der Waals surface area contributed by atoms with Crippen molar-refractivity contribution in [3.63, 3.8) is 0 Å². The first-order valence-corrected chi connectivity index (χ1v) is 23.4. The van der Waals surface area contributed by atoms with E-state index >= 15 is 0 Å². The molecule has 180 valence electrons. The van der Waals surface area contributed by atoms with Gasteiger partial charge >= 0.3 is 230 Å². The Hall–Kier alpha value is -1.70. The topological polar surface area (TPSA) is 0 Å². The van der Waals surface area contributed by atoms with Crippen LogP contribution in [-0.2, 0) is 17.9 Å².